The molecule has 0 saturated heterocycles. The van der Waals surface area contributed by atoms with Crippen molar-refractivity contribution < 1.29 is 9.59 Å². The van der Waals surface area contributed by atoms with Crippen molar-refractivity contribution in [1.29, 1.82) is 0 Å². The average Bonchev–Trinajstić information content (AvgIpc) is 4.19. The van der Waals surface area contributed by atoms with Crippen molar-refractivity contribution in [1.82, 2.24) is 0 Å². The quantitative estimate of drug-likeness (QED) is 0.0327. The van der Waals surface area contributed by atoms with Gasteiger partial charge in [0.15, 0.2) is 0 Å². The highest BCUT2D eigenvalue weighted by Crippen LogP contribution is 2.50. The number of benzene rings is 2. The Morgan fingerprint density at radius 3 is 0.988 bits per heavy atom. The highest BCUT2D eigenvalue weighted by molar-refractivity contribution is 9.11. The summed E-state index contributed by atoms with van der Waals surface area (Å²) in [4.78, 5) is 37.3. The highest BCUT2D eigenvalue weighted by Gasteiger charge is 2.42. The first-order valence-corrected chi connectivity index (χ1v) is 36.6. The van der Waals surface area contributed by atoms with Crippen LogP contribution in [0.15, 0.2) is 56.1 Å². The number of hydrogen-bond acceptors (Lipinski definition) is 4. The lowest BCUT2D eigenvalue weighted by molar-refractivity contribution is -0.114. The lowest BCUT2D eigenvalue weighted by atomic mass is 9.89. The summed E-state index contributed by atoms with van der Waals surface area (Å²) in [6.45, 7) is 15.1. The number of rotatable bonds is 44. The number of carbonyl (C=O) groups is 2. The summed E-state index contributed by atoms with van der Waals surface area (Å²) in [5.41, 5.74) is 10.1. The van der Waals surface area contributed by atoms with Crippen LogP contribution in [-0.2, 0) is 22.4 Å². The van der Waals surface area contributed by atoms with Gasteiger partial charge in [0.05, 0.1) is 30.1 Å². The molecule has 80 heavy (non-hydrogen) atoms. The second-order valence-electron chi connectivity index (χ2n) is 24.4. The Hall–Kier alpha value is -2.52. The molecule has 0 aliphatic carbocycles. The van der Waals surface area contributed by atoms with Gasteiger partial charge in [0.1, 0.15) is 0 Å². The van der Waals surface area contributed by atoms with Gasteiger partial charge < -0.3 is 9.80 Å². The van der Waals surface area contributed by atoms with Gasteiger partial charge in [0.25, 0.3) is 11.8 Å². The fourth-order valence-electron chi connectivity index (χ4n) is 12.8. The monoisotopic (exact) mass is 1250 g/mol. The second kappa shape index (κ2) is 37.7. The summed E-state index contributed by atoms with van der Waals surface area (Å²) in [6.07, 6.45) is 48.0. The molecule has 6 rings (SSSR count). The molecule has 0 spiro atoms. The highest BCUT2D eigenvalue weighted by atomic mass is 79.9. The van der Waals surface area contributed by atoms with Crippen molar-refractivity contribution in [2.45, 2.75) is 286 Å². The molecule has 2 atom stereocenters. The van der Waals surface area contributed by atoms with Crippen LogP contribution in [0.3, 0.4) is 0 Å². The number of carbonyl (C=O) groups excluding carboxylic acids is 2. The van der Waals surface area contributed by atoms with Gasteiger partial charge in [0, 0.05) is 34.0 Å². The number of unbranched alkanes of at least 4 members (excludes halogenated alkanes) is 26. The molecule has 4 heterocycles. The Labute approximate surface area is 514 Å². The van der Waals surface area contributed by atoms with E-state index in [9.17, 15) is 0 Å². The van der Waals surface area contributed by atoms with Crippen molar-refractivity contribution in [3.8, 4) is 20.9 Å². The van der Waals surface area contributed by atoms with Crippen molar-refractivity contribution >= 4 is 88.9 Å². The normalized spacial score (nSPS) is 15.0. The summed E-state index contributed by atoms with van der Waals surface area (Å²) in [5.74, 6) is 1.37. The zero-order chi connectivity index (χ0) is 56.9. The number of hydrogen-bond donors (Lipinski definition) is 0. The zero-order valence-electron chi connectivity index (χ0n) is 51.3. The third-order valence-electron chi connectivity index (χ3n) is 17.7. The van der Waals surface area contributed by atoms with E-state index in [2.05, 4.69) is 122 Å². The van der Waals surface area contributed by atoms with Gasteiger partial charge in [-0.1, -0.05) is 284 Å². The molecular weight excluding hydrogens is 1150 g/mol. The van der Waals surface area contributed by atoms with E-state index in [1.165, 1.54) is 234 Å². The van der Waals surface area contributed by atoms with Gasteiger partial charge in [-0.25, -0.2) is 0 Å². The minimum atomic E-state index is -0.0174. The Kier molecular flexibility index (Phi) is 31.4. The van der Waals surface area contributed by atoms with Gasteiger partial charge in [-0.15, -0.1) is 22.7 Å². The Morgan fingerprint density at radius 2 is 0.662 bits per heavy atom. The van der Waals surface area contributed by atoms with Crippen LogP contribution in [0.2, 0.25) is 0 Å². The lowest BCUT2D eigenvalue weighted by Crippen LogP contribution is -2.30. The van der Waals surface area contributed by atoms with E-state index < -0.39 is 0 Å². The minimum Gasteiger partial charge on any atom is -0.308 e. The van der Waals surface area contributed by atoms with Gasteiger partial charge in [-0.05, 0) is 116 Å². The van der Waals surface area contributed by atoms with Crippen LogP contribution in [0.1, 0.15) is 295 Å². The topological polar surface area (TPSA) is 40.6 Å². The van der Waals surface area contributed by atoms with E-state index in [1.54, 1.807) is 0 Å². The summed E-state index contributed by atoms with van der Waals surface area (Å²) >= 11 is 11.8. The van der Waals surface area contributed by atoms with Crippen LogP contribution in [-0.4, -0.2) is 24.9 Å². The molecule has 444 valence electrons. The number of anilines is 2. The van der Waals surface area contributed by atoms with Gasteiger partial charge in [-0.2, -0.15) is 0 Å². The van der Waals surface area contributed by atoms with Crippen LogP contribution in [0.5, 0.6) is 0 Å². The maximum atomic E-state index is 15.4. The van der Waals surface area contributed by atoms with E-state index in [1.807, 2.05) is 32.5 Å². The molecule has 4 nitrogen and oxygen atoms in total. The fourth-order valence-corrected chi connectivity index (χ4v) is 16.3. The third-order valence-corrected chi connectivity index (χ3v) is 21.7. The number of halogens is 2. The smallest absolute Gasteiger partial charge is 0.259 e. The second-order valence-corrected chi connectivity index (χ2v) is 29.2. The predicted octanol–water partition coefficient (Wildman–Crippen LogP) is 24.8. The summed E-state index contributed by atoms with van der Waals surface area (Å²) in [6, 6.07) is 18.3. The fraction of sp³-hybridized carbons (Fsp3) is 0.667. The summed E-state index contributed by atoms with van der Waals surface area (Å²) < 4.78 is 2.49. The van der Waals surface area contributed by atoms with Crippen molar-refractivity contribution in [2.75, 3.05) is 22.9 Å². The first-order chi connectivity index (χ1) is 39.2. The Morgan fingerprint density at radius 1 is 0.375 bits per heavy atom. The number of nitrogens with zero attached hydrogens (tertiary/aromatic N) is 2. The maximum absolute atomic E-state index is 15.4. The molecule has 2 unspecified atom stereocenters. The molecule has 2 aliphatic heterocycles. The maximum Gasteiger partial charge on any atom is 0.259 e. The van der Waals surface area contributed by atoms with Crippen molar-refractivity contribution in [3.05, 3.63) is 78.4 Å². The van der Waals surface area contributed by atoms with E-state index in [0.29, 0.717) is 36.1 Å². The lowest BCUT2D eigenvalue weighted by Gasteiger charge is -2.18. The Bertz CT molecular complexity index is 2300. The molecular formula is C72H108Br2N2O2S2. The summed E-state index contributed by atoms with van der Waals surface area (Å²) in [5, 5.41) is 0. The molecule has 2 aromatic carbocycles. The molecule has 0 radical (unpaired) electrons. The van der Waals surface area contributed by atoms with E-state index in [-0.39, 0.29) is 11.8 Å². The number of fused-ring (bicyclic) bond motifs is 2. The molecule has 2 aromatic heterocycles. The molecule has 2 amide bonds. The number of thiophene rings is 2. The average molecular weight is 1260 g/mol. The van der Waals surface area contributed by atoms with E-state index in [4.69, 9.17) is 0 Å². The molecule has 8 heteroatoms. The van der Waals surface area contributed by atoms with Crippen molar-refractivity contribution in [3.63, 3.8) is 0 Å². The SMILES string of the molecule is CCCCCCCCC(CCCCCC)Cc1cc(-c2ccc3c(c2)N(CCCCCCCC)C(=O)/C3=C2/C(=O)N(CCCCCCCC)c3cc(-c4cc(CC(CCCCCC)CCCCCCCC)c(Br)s4)ccc32)sc1Br. The van der Waals surface area contributed by atoms with Gasteiger partial charge >= 0.3 is 0 Å². The van der Waals surface area contributed by atoms with Crippen LogP contribution in [0.25, 0.3) is 32.0 Å². The molecule has 0 bridgehead atoms. The zero-order valence-corrected chi connectivity index (χ0v) is 56.1. The van der Waals surface area contributed by atoms with Crippen LogP contribution >= 0.6 is 54.5 Å². The van der Waals surface area contributed by atoms with Crippen LogP contribution < -0.4 is 9.80 Å². The minimum absolute atomic E-state index is 0.0174. The molecule has 0 saturated carbocycles. The third kappa shape index (κ3) is 20.3. The van der Waals surface area contributed by atoms with Crippen LogP contribution in [0.4, 0.5) is 11.4 Å². The number of amides is 2. The Balaban J connectivity index is 1.33. The van der Waals surface area contributed by atoms with Crippen molar-refractivity contribution in [2.24, 2.45) is 11.8 Å². The van der Waals surface area contributed by atoms with Gasteiger partial charge in [-0.3, -0.25) is 9.59 Å². The first-order valence-electron chi connectivity index (χ1n) is 33.4. The molecule has 0 fully saturated rings. The standard InChI is InChI=1S/C72H108Br2N2O2S2/c1-7-13-19-25-29-35-41-55(39-33-23-17-11-5)49-59-53-65(79-69(59)73)57-43-45-61-63(51-57)75(47-37-31-27-21-15-9-3)71(77)67(61)68-62-46-44-58(52-64(62)76(72(68)78)48-38-32-28-22-16-10-4)66-54-60(70(74)80-66)50-56(40-34-24-18-12-6)42-36-30-26-20-14-8-2/h43-46,51-56H,7-42,47-50H2,1-6H3/b68-67+. The molecule has 0 N–H and O–H groups in total. The largest absolute Gasteiger partial charge is 0.308 e. The summed E-state index contributed by atoms with van der Waals surface area (Å²) in [7, 11) is 0. The van der Waals surface area contributed by atoms with Gasteiger partial charge in [0.2, 0.25) is 0 Å². The predicted molar refractivity (Wildman–Crippen MR) is 361 cm³/mol. The first kappa shape index (κ1) is 66.6. The van der Waals surface area contributed by atoms with Crippen LogP contribution in [0, 0.1) is 11.8 Å². The molecule has 2 aliphatic rings. The van der Waals surface area contributed by atoms with E-state index in [0.717, 1.165) is 72.2 Å². The van der Waals surface area contributed by atoms with E-state index >= 15 is 9.59 Å². The molecule has 4 aromatic rings.